The highest BCUT2D eigenvalue weighted by Gasteiger charge is 2.19. The third-order valence-electron chi connectivity index (χ3n) is 5.29. The smallest absolute Gasteiger partial charge is 0.229 e. The van der Waals surface area contributed by atoms with E-state index in [-0.39, 0.29) is 6.04 Å². The van der Waals surface area contributed by atoms with Gasteiger partial charge in [0.05, 0.1) is 7.11 Å². The molecule has 1 saturated heterocycles. The van der Waals surface area contributed by atoms with Crippen LogP contribution in [0.1, 0.15) is 45.1 Å². The molecule has 0 atom stereocenters. The van der Waals surface area contributed by atoms with Gasteiger partial charge in [-0.15, -0.1) is 0 Å². The Hall–Kier alpha value is -3.03. The Bertz CT molecular complexity index is 960. The third-order valence-corrected chi connectivity index (χ3v) is 5.29. The van der Waals surface area contributed by atoms with Crippen LogP contribution >= 0.6 is 0 Å². The normalized spacial score (nSPS) is 14.7. The van der Waals surface area contributed by atoms with Crippen LogP contribution in [0.4, 0.5) is 11.8 Å². The van der Waals surface area contributed by atoms with Gasteiger partial charge in [-0.05, 0) is 44.4 Å². The van der Waals surface area contributed by atoms with Gasteiger partial charge < -0.3 is 20.4 Å². The van der Waals surface area contributed by atoms with Crippen LogP contribution in [0.2, 0.25) is 0 Å². The number of hydrogen-bond donors (Lipinski definition) is 2. The average Bonchev–Trinajstić information content (AvgIpc) is 2.97. The lowest BCUT2D eigenvalue weighted by molar-refractivity contribution is 0.414. The first-order valence-electron chi connectivity index (χ1n) is 10.8. The molecule has 0 saturated carbocycles. The number of methoxy groups -OCH3 is 1. The quantitative estimate of drug-likeness (QED) is 0.615. The van der Waals surface area contributed by atoms with Crippen molar-refractivity contribution in [3.05, 3.63) is 36.2 Å². The molecule has 8 nitrogen and oxygen atoms in total. The van der Waals surface area contributed by atoms with Crippen molar-refractivity contribution >= 4 is 22.9 Å². The third kappa shape index (κ3) is 4.58. The molecule has 0 spiro atoms. The van der Waals surface area contributed by atoms with Crippen molar-refractivity contribution < 1.29 is 4.74 Å². The molecule has 3 heterocycles. The molecule has 3 aromatic rings. The summed E-state index contributed by atoms with van der Waals surface area (Å²) in [6.07, 6.45) is 6.69. The fourth-order valence-electron chi connectivity index (χ4n) is 3.73. The second kappa shape index (κ2) is 9.19. The molecule has 0 unspecified atom stereocenters. The number of hydrogen-bond acceptors (Lipinski definition) is 7. The summed E-state index contributed by atoms with van der Waals surface area (Å²) < 4.78 is 7.16. The van der Waals surface area contributed by atoms with Crippen molar-refractivity contribution in [1.29, 1.82) is 0 Å². The zero-order valence-corrected chi connectivity index (χ0v) is 18.1. The lowest BCUT2D eigenvalue weighted by Crippen LogP contribution is -2.27. The van der Waals surface area contributed by atoms with E-state index in [1.165, 1.54) is 25.7 Å². The SMILES string of the molecule is COc1ccc(CNc2nc(N3CCCCCC3)nc3c2ncn3NC(C)C)cc1. The van der Waals surface area contributed by atoms with E-state index >= 15 is 0 Å². The Morgan fingerprint density at radius 2 is 1.77 bits per heavy atom. The Labute approximate surface area is 177 Å². The Kier molecular flexibility index (Phi) is 6.21. The molecule has 4 rings (SSSR count). The van der Waals surface area contributed by atoms with Crippen molar-refractivity contribution in [2.75, 3.05) is 35.8 Å². The zero-order chi connectivity index (χ0) is 20.9. The van der Waals surface area contributed by atoms with E-state index in [2.05, 4.69) is 46.6 Å². The van der Waals surface area contributed by atoms with Crippen molar-refractivity contribution in [1.82, 2.24) is 19.6 Å². The van der Waals surface area contributed by atoms with E-state index in [4.69, 9.17) is 14.7 Å². The highest BCUT2D eigenvalue weighted by atomic mass is 16.5. The summed E-state index contributed by atoms with van der Waals surface area (Å²) in [4.78, 5) is 16.7. The number of nitrogens with zero attached hydrogens (tertiary/aromatic N) is 5. The zero-order valence-electron chi connectivity index (χ0n) is 18.1. The molecule has 1 fully saturated rings. The van der Waals surface area contributed by atoms with Crippen LogP contribution < -0.4 is 20.4 Å². The molecule has 0 aliphatic carbocycles. The number of imidazole rings is 1. The topological polar surface area (TPSA) is 80.1 Å². The molecular weight excluding hydrogens is 378 g/mol. The molecule has 0 amide bonds. The minimum Gasteiger partial charge on any atom is -0.497 e. The van der Waals surface area contributed by atoms with Gasteiger partial charge in [0.25, 0.3) is 0 Å². The molecule has 1 aromatic carbocycles. The van der Waals surface area contributed by atoms with Crippen LogP contribution in [0.15, 0.2) is 30.6 Å². The maximum atomic E-state index is 5.25. The standard InChI is InChI=1S/C22H31N7O/c1-16(2)27-29-15-24-19-20(23-14-17-8-10-18(30-3)11-9-17)25-22(26-21(19)29)28-12-6-4-5-7-13-28/h8-11,15-16,27H,4-7,12-14H2,1-3H3,(H,23,25,26). The van der Waals surface area contributed by atoms with Gasteiger partial charge in [0.2, 0.25) is 5.95 Å². The molecule has 160 valence electrons. The summed E-state index contributed by atoms with van der Waals surface area (Å²) >= 11 is 0. The fraction of sp³-hybridized carbons (Fsp3) is 0.500. The van der Waals surface area contributed by atoms with E-state index in [1.54, 1.807) is 13.4 Å². The first kappa shape index (κ1) is 20.3. The largest absolute Gasteiger partial charge is 0.497 e. The Morgan fingerprint density at radius 3 is 2.43 bits per heavy atom. The van der Waals surface area contributed by atoms with E-state index in [0.29, 0.717) is 6.54 Å². The number of benzene rings is 1. The monoisotopic (exact) mass is 409 g/mol. The number of ether oxygens (including phenoxy) is 1. The maximum absolute atomic E-state index is 5.25. The summed E-state index contributed by atoms with van der Waals surface area (Å²) in [7, 11) is 1.68. The Balaban J connectivity index is 1.65. The number of aromatic nitrogens is 4. The van der Waals surface area contributed by atoms with Crippen molar-refractivity contribution in [2.45, 2.75) is 52.1 Å². The van der Waals surface area contributed by atoms with Crippen molar-refractivity contribution in [3.8, 4) is 5.75 Å². The number of anilines is 2. The van der Waals surface area contributed by atoms with Gasteiger partial charge in [0.15, 0.2) is 17.0 Å². The number of nitrogens with one attached hydrogen (secondary N) is 2. The minimum absolute atomic E-state index is 0.273. The first-order valence-corrected chi connectivity index (χ1v) is 10.8. The minimum atomic E-state index is 0.273. The summed E-state index contributed by atoms with van der Waals surface area (Å²) in [5.41, 5.74) is 6.11. The van der Waals surface area contributed by atoms with Gasteiger partial charge in [0.1, 0.15) is 12.1 Å². The number of rotatable bonds is 7. The second-order valence-corrected chi connectivity index (χ2v) is 8.05. The van der Waals surface area contributed by atoms with Crippen LogP contribution in [0.25, 0.3) is 11.2 Å². The van der Waals surface area contributed by atoms with Crippen molar-refractivity contribution in [2.24, 2.45) is 0 Å². The summed E-state index contributed by atoms with van der Waals surface area (Å²) in [5.74, 6) is 2.39. The van der Waals surface area contributed by atoms with Gasteiger partial charge in [-0.25, -0.2) is 9.66 Å². The van der Waals surface area contributed by atoms with Crippen LogP contribution in [-0.2, 0) is 6.54 Å². The first-order chi connectivity index (χ1) is 14.6. The molecule has 30 heavy (non-hydrogen) atoms. The predicted octanol–water partition coefficient (Wildman–Crippen LogP) is 3.78. The highest BCUT2D eigenvalue weighted by molar-refractivity contribution is 5.84. The van der Waals surface area contributed by atoms with Gasteiger partial charge in [0, 0.05) is 25.7 Å². The predicted molar refractivity (Wildman–Crippen MR) is 121 cm³/mol. The summed E-state index contributed by atoms with van der Waals surface area (Å²) in [6.45, 7) is 6.85. The van der Waals surface area contributed by atoms with E-state index in [1.807, 2.05) is 16.8 Å². The van der Waals surface area contributed by atoms with Crippen LogP contribution in [0.5, 0.6) is 5.75 Å². The highest BCUT2D eigenvalue weighted by Crippen LogP contribution is 2.25. The molecule has 2 N–H and O–H groups in total. The van der Waals surface area contributed by atoms with Gasteiger partial charge in [-0.1, -0.05) is 25.0 Å². The Morgan fingerprint density at radius 1 is 1.03 bits per heavy atom. The van der Waals surface area contributed by atoms with E-state index < -0.39 is 0 Å². The molecule has 0 bridgehead atoms. The van der Waals surface area contributed by atoms with Crippen molar-refractivity contribution in [3.63, 3.8) is 0 Å². The number of fused-ring (bicyclic) bond motifs is 1. The molecule has 2 aromatic heterocycles. The van der Waals surface area contributed by atoms with Gasteiger partial charge >= 0.3 is 0 Å². The molecular formula is C22H31N7O. The van der Waals surface area contributed by atoms with E-state index in [0.717, 1.165) is 47.3 Å². The molecule has 8 heteroatoms. The lowest BCUT2D eigenvalue weighted by atomic mass is 10.2. The summed E-state index contributed by atoms with van der Waals surface area (Å²) in [5, 5.41) is 3.48. The molecule has 0 radical (unpaired) electrons. The second-order valence-electron chi connectivity index (χ2n) is 8.05. The molecule has 1 aliphatic rings. The van der Waals surface area contributed by atoms with Crippen LogP contribution in [0.3, 0.4) is 0 Å². The fourth-order valence-corrected chi connectivity index (χ4v) is 3.73. The average molecular weight is 410 g/mol. The summed E-state index contributed by atoms with van der Waals surface area (Å²) in [6, 6.07) is 8.32. The van der Waals surface area contributed by atoms with Gasteiger partial charge in [-0.2, -0.15) is 9.97 Å². The van der Waals surface area contributed by atoms with Crippen LogP contribution in [-0.4, -0.2) is 45.9 Å². The van der Waals surface area contributed by atoms with Gasteiger partial charge in [-0.3, -0.25) is 0 Å². The molecule has 1 aliphatic heterocycles. The van der Waals surface area contributed by atoms with E-state index in [9.17, 15) is 0 Å². The lowest BCUT2D eigenvalue weighted by Gasteiger charge is -2.21. The maximum Gasteiger partial charge on any atom is 0.229 e. The van der Waals surface area contributed by atoms with Crippen LogP contribution in [0, 0.1) is 0 Å².